The molecule has 0 aromatic rings. The van der Waals surface area contributed by atoms with Crippen molar-refractivity contribution >= 4 is 11.9 Å². The molecule has 6 heteroatoms. The Balaban J connectivity index is 3.85. The van der Waals surface area contributed by atoms with Crippen LogP contribution in [0.3, 0.4) is 0 Å². The lowest BCUT2D eigenvalue weighted by Crippen LogP contribution is -2.38. The van der Waals surface area contributed by atoms with E-state index in [0.29, 0.717) is 32.6 Å². The summed E-state index contributed by atoms with van der Waals surface area (Å²) in [6, 6.07) is 0. The maximum absolute atomic E-state index is 11.5. The first kappa shape index (κ1) is 13.9. The fraction of sp³-hybridized carbons (Fsp3) is 0.778. The summed E-state index contributed by atoms with van der Waals surface area (Å²) in [4.78, 5) is 23.3. The average Bonchev–Trinajstić information content (AvgIpc) is 2.16. The standard InChI is InChI=1S/C9H19N3O3/c10-4-6-12(7-5-11)8(13)2-1-3-9(14)15/h1-7,10-11H2,(H,14,15). The van der Waals surface area contributed by atoms with Gasteiger partial charge in [0.1, 0.15) is 0 Å². The van der Waals surface area contributed by atoms with Crippen LogP contribution in [0.2, 0.25) is 0 Å². The fourth-order valence-electron chi connectivity index (χ4n) is 1.22. The molecular formula is C9H19N3O3. The van der Waals surface area contributed by atoms with Crippen LogP contribution in [0, 0.1) is 0 Å². The molecule has 5 N–H and O–H groups in total. The number of carbonyl (C=O) groups excluding carboxylic acids is 1. The highest BCUT2D eigenvalue weighted by molar-refractivity contribution is 5.77. The Labute approximate surface area is 89.2 Å². The minimum Gasteiger partial charge on any atom is -0.481 e. The van der Waals surface area contributed by atoms with Gasteiger partial charge in [-0.1, -0.05) is 0 Å². The van der Waals surface area contributed by atoms with Gasteiger partial charge in [-0.25, -0.2) is 0 Å². The van der Waals surface area contributed by atoms with Crippen LogP contribution in [-0.4, -0.2) is 48.1 Å². The molecule has 6 nitrogen and oxygen atoms in total. The predicted octanol–water partition coefficient (Wildman–Crippen LogP) is -1.01. The summed E-state index contributed by atoms with van der Waals surface area (Å²) in [5.41, 5.74) is 10.7. The van der Waals surface area contributed by atoms with Gasteiger partial charge >= 0.3 is 5.97 Å². The SMILES string of the molecule is NCCN(CCN)C(=O)CCCC(=O)O. The molecule has 15 heavy (non-hydrogen) atoms. The molecule has 0 radical (unpaired) electrons. The van der Waals surface area contributed by atoms with Gasteiger partial charge < -0.3 is 21.5 Å². The lowest BCUT2D eigenvalue weighted by molar-refractivity contribution is -0.137. The summed E-state index contributed by atoms with van der Waals surface area (Å²) in [5, 5.41) is 8.41. The van der Waals surface area contributed by atoms with Crippen molar-refractivity contribution < 1.29 is 14.7 Å². The zero-order valence-corrected chi connectivity index (χ0v) is 8.82. The lowest BCUT2D eigenvalue weighted by Gasteiger charge is -2.20. The Morgan fingerprint density at radius 3 is 2.00 bits per heavy atom. The van der Waals surface area contributed by atoms with Crippen molar-refractivity contribution in [3.63, 3.8) is 0 Å². The molecule has 88 valence electrons. The molecule has 0 unspecified atom stereocenters. The number of carbonyl (C=O) groups is 2. The largest absolute Gasteiger partial charge is 0.481 e. The maximum atomic E-state index is 11.5. The molecule has 0 saturated carbocycles. The highest BCUT2D eigenvalue weighted by atomic mass is 16.4. The second kappa shape index (κ2) is 8.19. The molecule has 0 aromatic heterocycles. The highest BCUT2D eigenvalue weighted by Gasteiger charge is 2.11. The number of nitrogens with zero attached hydrogens (tertiary/aromatic N) is 1. The van der Waals surface area contributed by atoms with Crippen LogP contribution >= 0.6 is 0 Å². The first-order valence-corrected chi connectivity index (χ1v) is 5.01. The molecule has 0 spiro atoms. The Hall–Kier alpha value is -1.14. The molecule has 0 aliphatic heterocycles. The molecule has 0 saturated heterocycles. The van der Waals surface area contributed by atoms with E-state index >= 15 is 0 Å². The maximum Gasteiger partial charge on any atom is 0.303 e. The summed E-state index contributed by atoms with van der Waals surface area (Å²) in [5.74, 6) is -0.959. The van der Waals surface area contributed by atoms with E-state index in [-0.39, 0.29) is 18.7 Å². The monoisotopic (exact) mass is 217 g/mol. The van der Waals surface area contributed by atoms with Gasteiger partial charge in [0.25, 0.3) is 0 Å². The Bertz CT molecular complexity index is 203. The zero-order valence-electron chi connectivity index (χ0n) is 8.82. The zero-order chi connectivity index (χ0) is 11.7. The van der Waals surface area contributed by atoms with Crippen LogP contribution in [0.1, 0.15) is 19.3 Å². The number of nitrogens with two attached hydrogens (primary N) is 2. The average molecular weight is 217 g/mol. The number of hydrogen-bond acceptors (Lipinski definition) is 4. The van der Waals surface area contributed by atoms with Crippen molar-refractivity contribution in [2.24, 2.45) is 11.5 Å². The van der Waals surface area contributed by atoms with Crippen LogP contribution in [-0.2, 0) is 9.59 Å². The Kier molecular flexibility index (Phi) is 7.57. The summed E-state index contributed by atoms with van der Waals surface area (Å²) < 4.78 is 0. The number of carboxylic acids is 1. The van der Waals surface area contributed by atoms with Crippen LogP contribution in [0.15, 0.2) is 0 Å². The summed E-state index contributed by atoms with van der Waals surface area (Å²) in [7, 11) is 0. The molecule has 1 amide bonds. The van der Waals surface area contributed by atoms with Crippen molar-refractivity contribution in [1.82, 2.24) is 4.90 Å². The fourth-order valence-corrected chi connectivity index (χ4v) is 1.22. The van der Waals surface area contributed by atoms with Crippen molar-refractivity contribution in [3.8, 4) is 0 Å². The quantitative estimate of drug-likeness (QED) is 0.482. The lowest BCUT2D eigenvalue weighted by atomic mass is 10.2. The normalized spacial score (nSPS) is 10.0. The van der Waals surface area contributed by atoms with E-state index in [1.165, 1.54) is 0 Å². The van der Waals surface area contributed by atoms with Crippen molar-refractivity contribution in [3.05, 3.63) is 0 Å². The highest BCUT2D eigenvalue weighted by Crippen LogP contribution is 2.00. The molecule has 0 bridgehead atoms. The minimum absolute atomic E-state index is 0.0187. The van der Waals surface area contributed by atoms with Gasteiger partial charge in [-0.2, -0.15) is 0 Å². The smallest absolute Gasteiger partial charge is 0.303 e. The molecule has 0 aromatic carbocycles. The van der Waals surface area contributed by atoms with Gasteiger partial charge in [0, 0.05) is 39.0 Å². The molecule has 0 fully saturated rings. The van der Waals surface area contributed by atoms with Gasteiger partial charge in [-0.05, 0) is 6.42 Å². The summed E-state index contributed by atoms with van der Waals surface area (Å²) in [6.45, 7) is 1.74. The van der Waals surface area contributed by atoms with Crippen molar-refractivity contribution in [2.45, 2.75) is 19.3 Å². The topological polar surface area (TPSA) is 110 Å². The summed E-state index contributed by atoms with van der Waals surface area (Å²) in [6.07, 6.45) is 0.622. The summed E-state index contributed by atoms with van der Waals surface area (Å²) >= 11 is 0. The van der Waals surface area contributed by atoms with E-state index in [1.54, 1.807) is 4.90 Å². The first-order valence-electron chi connectivity index (χ1n) is 5.01. The van der Waals surface area contributed by atoms with E-state index < -0.39 is 5.97 Å². The Morgan fingerprint density at radius 2 is 1.60 bits per heavy atom. The first-order chi connectivity index (χ1) is 7.11. The van der Waals surface area contributed by atoms with E-state index in [4.69, 9.17) is 16.6 Å². The van der Waals surface area contributed by atoms with Crippen molar-refractivity contribution in [1.29, 1.82) is 0 Å². The number of aliphatic carboxylic acids is 1. The van der Waals surface area contributed by atoms with Crippen LogP contribution < -0.4 is 11.5 Å². The van der Waals surface area contributed by atoms with E-state index in [9.17, 15) is 9.59 Å². The van der Waals surface area contributed by atoms with Crippen molar-refractivity contribution in [2.75, 3.05) is 26.2 Å². The third-order valence-electron chi connectivity index (χ3n) is 1.93. The van der Waals surface area contributed by atoms with Gasteiger partial charge in [0.05, 0.1) is 0 Å². The second-order valence-corrected chi connectivity index (χ2v) is 3.21. The van der Waals surface area contributed by atoms with Gasteiger partial charge in [0.15, 0.2) is 0 Å². The number of rotatable bonds is 8. The number of amides is 1. The van der Waals surface area contributed by atoms with Gasteiger partial charge in [-0.3, -0.25) is 9.59 Å². The molecular weight excluding hydrogens is 198 g/mol. The Morgan fingerprint density at radius 1 is 1.07 bits per heavy atom. The third kappa shape index (κ3) is 6.87. The molecule has 0 rings (SSSR count). The number of hydrogen-bond donors (Lipinski definition) is 3. The van der Waals surface area contributed by atoms with Gasteiger partial charge in [0.2, 0.25) is 5.91 Å². The van der Waals surface area contributed by atoms with Crippen LogP contribution in [0.25, 0.3) is 0 Å². The second-order valence-electron chi connectivity index (χ2n) is 3.21. The molecule has 0 heterocycles. The van der Waals surface area contributed by atoms with Crippen LogP contribution in [0.5, 0.6) is 0 Å². The van der Waals surface area contributed by atoms with E-state index in [1.807, 2.05) is 0 Å². The molecule has 0 atom stereocenters. The third-order valence-corrected chi connectivity index (χ3v) is 1.93. The predicted molar refractivity (Wildman–Crippen MR) is 56.2 cm³/mol. The van der Waals surface area contributed by atoms with E-state index in [0.717, 1.165) is 0 Å². The minimum atomic E-state index is -0.882. The van der Waals surface area contributed by atoms with Gasteiger partial charge in [-0.15, -0.1) is 0 Å². The van der Waals surface area contributed by atoms with Crippen LogP contribution in [0.4, 0.5) is 0 Å². The van der Waals surface area contributed by atoms with E-state index in [2.05, 4.69) is 0 Å². The molecule has 0 aliphatic carbocycles. The molecule has 0 aliphatic rings. The number of carboxylic acid groups (broad SMARTS) is 1.